The number of anilines is 1. The molecular weight excluding hydrogens is 619 g/mol. The predicted octanol–water partition coefficient (Wildman–Crippen LogP) is 3.71. The molecule has 0 aliphatic carbocycles. The summed E-state index contributed by atoms with van der Waals surface area (Å²) in [6, 6.07) is 24.6. The molecule has 0 aliphatic rings. The molecule has 0 bridgehead atoms. The Kier molecular flexibility index (Phi) is 10.7. The average molecular weight is 652 g/mol. The summed E-state index contributed by atoms with van der Waals surface area (Å²) >= 11 is 0. The van der Waals surface area contributed by atoms with Crippen molar-refractivity contribution >= 4 is 43.8 Å². The van der Waals surface area contributed by atoms with Crippen LogP contribution >= 0.6 is 0 Å². The molecule has 0 radical (unpaired) electrons. The van der Waals surface area contributed by atoms with Crippen LogP contribution in [0.1, 0.15) is 29.6 Å². The summed E-state index contributed by atoms with van der Waals surface area (Å²) in [7, 11) is -6.60. The number of likely N-dealkylation sites (N-methyl/N-ethyl adjacent to an activating group) is 1. The van der Waals surface area contributed by atoms with E-state index < -0.39 is 32.5 Å². The van der Waals surface area contributed by atoms with Gasteiger partial charge < -0.3 is 9.73 Å². The van der Waals surface area contributed by atoms with Crippen LogP contribution in [-0.4, -0.2) is 57.1 Å². The van der Waals surface area contributed by atoms with E-state index in [9.17, 15) is 26.4 Å². The molecule has 2 N–H and O–H groups in total. The Morgan fingerprint density at radius 3 is 2.09 bits per heavy atom. The van der Waals surface area contributed by atoms with Gasteiger partial charge in [0.2, 0.25) is 26.0 Å². The Hall–Kier alpha value is -4.63. The first-order chi connectivity index (χ1) is 21.3. The van der Waals surface area contributed by atoms with E-state index in [-0.39, 0.29) is 34.5 Å². The molecule has 1 heterocycles. The number of carbonyl (C=O) groups excluding carboxylic acids is 2. The first-order valence-electron chi connectivity index (χ1n) is 13.7. The smallest absolute Gasteiger partial charge is 0.255 e. The number of rotatable bonds is 13. The summed E-state index contributed by atoms with van der Waals surface area (Å²) < 4.78 is 60.7. The van der Waals surface area contributed by atoms with Gasteiger partial charge in [-0.05, 0) is 61.0 Å². The van der Waals surface area contributed by atoms with E-state index in [0.717, 1.165) is 15.4 Å². The molecule has 14 heteroatoms. The van der Waals surface area contributed by atoms with Crippen molar-refractivity contribution in [2.24, 2.45) is 5.10 Å². The number of nitrogens with one attached hydrogen (secondary N) is 2. The third-order valence-corrected chi connectivity index (χ3v) is 10.1. The van der Waals surface area contributed by atoms with Crippen LogP contribution in [-0.2, 0) is 42.7 Å². The highest BCUT2D eigenvalue weighted by atomic mass is 32.2. The lowest BCUT2D eigenvalue weighted by Crippen LogP contribution is -2.36. The Morgan fingerprint density at radius 1 is 0.822 bits per heavy atom. The van der Waals surface area contributed by atoms with Gasteiger partial charge in [-0.15, -0.1) is 0 Å². The number of benzene rings is 3. The van der Waals surface area contributed by atoms with Gasteiger partial charge in [0.05, 0.1) is 29.1 Å². The van der Waals surface area contributed by atoms with Crippen LogP contribution in [0.4, 0.5) is 5.69 Å². The van der Waals surface area contributed by atoms with Crippen molar-refractivity contribution < 1.29 is 30.8 Å². The van der Waals surface area contributed by atoms with Crippen molar-refractivity contribution in [3.63, 3.8) is 0 Å². The number of carbonyl (C=O) groups is 2. The number of nitrogens with zero attached hydrogens (tertiary/aromatic N) is 3. The standard InChI is InChI=1S/C31H33N5O7S2/c1-23-9-15-30(16-10-23)45(41,42)36(20-25-7-5-4-6-8-25)21-28-14-13-27(43-28)19-32-34-31(38)22-35(3)44(39,40)29-17-11-26(12-18-29)33-24(2)37/h4-19H,20-22H2,1-3H3,(H,33,37)(H,34,38)/b32-19-. The van der Waals surface area contributed by atoms with Crippen molar-refractivity contribution in [3.8, 4) is 0 Å². The van der Waals surface area contributed by atoms with Gasteiger partial charge in [-0.1, -0.05) is 48.0 Å². The van der Waals surface area contributed by atoms with Gasteiger partial charge in [0.1, 0.15) is 11.5 Å². The molecule has 1 aromatic heterocycles. The van der Waals surface area contributed by atoms with Crippen LogP contribution in [0, 0.1) is 6.92 Å². The molecule has 0 saturated carbocycles. The fourth-order valence-electron chi connectivity index (χ4n) is 4.18. The molecule has 0 unspecified atom stereocenters. The van der Waals surface area contributed by atoms with Gasteiger partial charge in [0.15, 0.2) is 0 Å². The van der Waals surface area contributed by atoms with Crippen LogP contribution in [0.15, 0.2) is 110 Å². The lowest BCUT2D eigenvalue weighted by atomic mass is 10.2. The molecule has 0 atom stereocenters. The maximum absolute atomic E-state index is 13.6. The first-order valence-corrected chi connectivity index (χ1v) is 16.6. The second-order valence-corrected chi connectivity index (χ2v) is 14.1. The minimum absolute atomic E-state index is 0.0516. The van der Waals surface area contributed by atoms with Crippen LogP contribution in [0.2, 0.25) is 0 Å². The third kappa shape index (κ3) is 8.95. The number of hydrogen-bond donors (Lipinski definition) is 2. The largest absolute Gasteiger partial charge is 0.459 e. The van der Waals surface area contributed by atoms with Crippen molar-refractivity contribution in [3.05, 3.63) is 114 Å². The molecule has 12 nitrogen and oxygen atoms in total. The van der Waals surface area contributed by atoms with E-state index in [1.54, 1.807) is 36.4 Å². The van der Waals surface area contributed by atoms with Crippen LogP contribution in [0.5, 0.6) is 0 Å². The maximum atomic E-state index is 13.6. The maximum Gasteiger partial charge on any atom is 0.255 e. The van der Waals surface area contributed by atoms with Crippen LogP contribution < -0.4 is 10.7 Å². The highest BCUT2D eigenvalue weighted by molar-refractivity contribution is 7.89. The summed E-state index contributed by atoms with van der Waals surface area (Å²) in [6.45, 7) is 2.77. The van der Waals surface area contributed by atoms with E-state index in [4.69, 9.17) is 4.42 Å². The SMILES string of the molecule is CC(=O)Nc1ccc(S(=O)(=O)N(C)CC(=O)N/N=C\c2ccc(CN(Cc3ccccc3)S(=O)(=O)c3ccc(C)cc3)o2)cc1. The van der Waals surface area contributed by atoms with Crippen molar-refractivity contribution in [1.82, 2.24) is 14.0 Å². The molecule has 236 valence electrons. The molecule has 0 saturated heterocycles. The second kappa shape index (κ2) is 14.4. The number of aryl methyl sites for hydroxylation is 1. The number of sulfonamides is 2. The predicted molar refractivity (Wildman–Crippen MR) is 169 cm³/mol. The average Bonchev–Trinajstić information content (AvgIpc) is 3.44. The zero-order valence-corrected chi connectivity index (χ0v) is 26.5. The molecule has 0 aliphatic heterocycles. The van der Waals surface area contributed by atoms with Gasteiger partial charge in [-0.25, -0.2) is 22.3 Å². The van der Waals surface area contributed by atoms with Crippen LogP contribution in [0.3, 0.4) is 0 Å². The Morgan fingerprint density at radius 2 is 1.44 bits per heavy atom. The minimum Gasteiger partial charge on any atom is -0.459 e. The minimum atomic E-state index is -3.99. The Balaban J connectivity index is 1.39. The summed E-state index contributed by atoms with van der Waals surface area (Å²) in [6.07, 6.45) is 1.23. The molecule has 3 aromatic carbocycles. The number of furan rings is 1. The zero-order valence-electron chi connectivity index (χ0n) is 24.9. The number of hydrogen-bond acceptors (Lipinski definition) is 8. The number of hydrazone groups is 1. The molecule has 45 heavy (non-hydrogen) atoms. The van der Waals surface area contributed by atoms with Gasteiger partial charge in [0, 0.05) is 26.2 Å². The summed E-state index contributed by atoms with van der Waals surface area (Å²) in [4.78, 5) is 23.7. The molecule has 2 amide bonds. The Bertz CT molecular complexity index is 1870. The van der Waals surface area contributed by atoms with E-state index in [2.05, 4.69) is 15.8 Å². The quantitative estimate of drug-likeness (QED) is 0.165. The van der Waals surface area contributed by atoms with Gasteiger partial charge in [-0.2, -0.15) is 13.7 Å². The second-order valence-electron chi connectivity index (χ2n) is 10.1. The number of amides is 2. The monoisotopic (exact) mass is 651 g/mol. The first kappa shape index (κ1) is 33.3. The fourth-order valence-corrected chi connectivity index (χ4v) is 6.70. The van der Waals surface area contributed by atoms with E-state index in [1.165, 1.54) is 48.8 Å². The highest BCUT2D eigenvalue weighted by Crippen LogP contribution is 2.23. The van der Waals surface area contributed by atoms with Crippen molar-refractivity contribution in [2.45, 2.75) is 36.7 Å². The third-order valence-electron chi connectivity index (χ3n) is 6.51. The summed E-state index contributed by atoms with van der Waals surface area (Å²) in [5.74, 6) is -0.387. The van der Waals surface area contributed by atoms with Crippen molar-refractivity contribution in [2.75, 3.05) is 18.9 Å². The van der Waals surface area contributed by atoms with Gasteiger partial charge >= 0.3 is 0 Å². The van der Waals surface area contributed by atoms with Crippen LogP contribution in [0.25, 0.3) is 0 Å². The topological polar surface area (TPSA) is 158 Å². The van der Waals surface area contributed by atoms with Crippen molar-refractivity contribution in [1.29, 1.82) is 0 Å². The zero-order chi connectivity index (χ0) is 32.6. The van der Waals surface area contributed by atoms with Gasteiger partial charge in [0.25, 0.3) is 5.91 Å². The lowest BCUT2D eigenvalue weighted by Gasteiger charge is -2.21. The molecular formula is C31H33N5O7S2. The molecule has 4 rings (SSSR count). The van der Waals surface area contributed by atoms with Gasteiger partial charge in [-0.3, -0.25) is 9.59 Å². The molecule has 0 spiro atoms. The lowest BCUT2D eigenvalue weighted by molar-refractivity contribution is -0.121. The highest BCUT2D eigenvalue weighted by Gasteiger charge is 2.26. The van der Waals surface area contributed by atoms with E-state index >= 15 is 0 Å². The van der Waals surface area contributed by atoms with E-state index in [1.807, 2.05) is 37.3 Å². The summed E-state index contributed by atoms with van der Waals surface area (Å²) in [5, 5.41) is 6.39. The normalized spacial score (nSPS) is 12.1. The Labute approximate surface area is 262 Å². The molecule has 0 fully saturated rings. The molecule has 4 aromatic rings. The van der Waals surface area contributed by atoms with E-state index in [0.29, 0.717) is 11.4 Å². The fraction of sp³-hybridized carbons (Fsp3) is 0.194. The summed E-state index contributed by atoms with van der Waals surface area (Å²) in [5.41, 5.74) is 4.44.